The Hall–Kier alpha value is -0.790. The maximum Gasteiger partial charge on any atom is 0.393 e. The zero-order valence-corrected chi connectivity index (χ0v) is 10.9. The van der Waals surface area contributed by atoms with E-state index < -0.39 is 12.1 Å². The molecule has 0 saturated heterocycles. The Morgan fingerprint density at radius 1 is 1.33 bits per heavy atom. The lowest BCUT2D eigenvalue weighted by Gasteiger charge is -2.16. The molecular formula is C11H11F3N2S2. The van der Waals surface area contributed by atoms with Crippen molar-refractivity contribution in [2.24, 2.45) is 11.7 Å². The number of para-hydroxylation sites is 1. The third kappa shape index (κ3) is 3.15. The topological polar surface area (TPSA) is 38.9 Å². The molecule has 98 valence electrons. The van der Waals surface area contributed by atoms with Crippen LogP contribution in [0.15, 0.2) is 28.6 Å². The predicted octanol–water partition coefficient (Wildman–Crippen LogP) is 3.53. The molecule has 0 aliphatic carbocycles. The van der Waals surface area contributed by atoms with Gasteiger partial charge in [-0.25, -0.2) is 4.98 Å². The van der Waals surface area contributed by atoms with Crippen LogP contribution in [0.2, 0.25) is 0 Å². The van der Waals surface area contributed by atoms with E-state index >= 15 is 0 Å². The van der Waals surface area contributed by atoms with Gasteiger partial charge >= 0.3 is 6.18 Å². The molecule has 0 saturated carbocycles. The Morgan fingerprint density at radius 2 is 2.06 bits per heavy atom. The number of nitrogens with two attached hydrogens (primary N) is 1. The lowest BCUT2D eigenvalue weighted by Crippen LogP contribution is -2.32. The second-order valence-corrected chi connectivity index (χ2v) is 6.03. The number of fused-ring (bicyclic) bond motifs is 1. The number of hydrogen-bond acceptors (Lipinski definition) is 4. The minimum absolute atomic E-state index is 0.0835. The lowest BCUT2D eigenvalue weighted by atomic mass is 10.2. The molecule has 0 fully saturated rings. The molecule has 2 N–H and O–H groups in total. The monoisotopic (exact) mass is 292 g/mol. The van der Waals surface area contributed by atoms with Gasteiger partial charge in [0.1, 0.15) is 0 Å². The molecule has 1 heterocycles. The van der Waals surface area contributed by atoms with E-state index in [1.165, 1.54) is 11.3 Å². The molecule has 0 aliphatic rings. The SMILES string of the molecule is NCC(CSc1nc2ccccc2s1)C(F)(F)F. The number of nitrogens with zero attached hydrogens (tertiary/aromatic N) is 1. The largest absolute Gasteiger partial charge is 0.393 e. The number of aromatic nitrogens is 1. The molecule has 1 aromatic heterocycles. The second kappa shape index (κ2) is 5.46. The Balaban J connectivity index is 2.05. The van der Waals surface area contributed by atoms with Crippen molar-refractivity contribution < 1.29 is 13.2 Å². The quantitative estimate of drug-likeness (QED) is 0.876. The minimum atomic E-state index is -4.24. The van der Waals surface area contributed by atoms with Gasteiger partial charge < -0.3 is 5.73 Å². The summed E-state index contributed by atoms with van der Waals surface area (Å²) in [7, 11) is 0. The van der Waals surface area contributed by atoms with Gasteiger partial charge in [0.25, 0.3) is 0 Å². The number of halogens is 3. The molecule has 1 aromatic carbocycles. The number of hydrogen-bond donors (Lipinski definition) is 1. The smallest absolute Gasteiger partial charge is 0.330 e. The van der Waals surface area contributed by atoms with Gasteiger partial charge in [-0.05, 0) is 12.1 Å². The van der Waals surface area contributed by atoms with Crippen molar-refractivity contribution in [1.29, 1.82) is 0 Å². The van der Waals surface area contributed by atoms with Gasteiger partial charge in [0, 0.05) is 12.3 Å². The third-order valence-corrected chi connectivity index (χ3v) is 4.77. The van der Waals surface area contributed by atoms with E-state index in [0.29, 0.717) is 4.34 Å². The summed E-state index contributed by atoms with van der Waals surface area (Å²) in [6.45, 7) is -0.388. The highest BCUT2D eigenvalue weighted by atomic mass is 32.2. The van der Waals surface area contributed by atoms with Crippen molar-refractivity contribution >= 4 is 33.3 Å². The minimum Gasteiger partial charge on any atom is -0.330 e. The summed E-state index contributed by atoms with van der Waals surface area (Å²) in [6, 6.07) is 7.49. The molecule has 0 radical (unpaired) electrons. The second-order valence-electron chi connectivity index (χ2n) is 3.73. The van der Waals surface area contributed by atoms with Crippen LogP contribution >= 0.6 is 23.1 Å². The Labute approximate surface area is 110 Å². The first-order chi connectivity index (χ1) is 8.50. The summed E-state index contributed by atoms with van der Waals surface area (Å²) in [5.74, 6) is -1.56. The summed E-state index contributed by atoms with van der Waals surface area (Å²) in [4.78, 5) is 4.27. The van der Waals surface area contributed by atoms with Gasteiger partial charge in [0.15, 0.2) is 4.34 Å². The predicted molar refractivity (Wildman–Crippen MR) is 68.9 cm³/mol. The van der Waals surface area contributed by atoms with Crippen LogP contribution in [0.5, 0.6) is 0 Å². The van der Waals surface area contributed by atoms with Gasteiger partial charge in [-0.2, -0.15) is 13.2 Å². The van der Waals surface area contributed by atoms with E-state index in [9.17, 15) is 13.2 Å². The van der Waals surface area contributed by atoms with Gasteiger partial charge in [-0.1, -0.05) is 23.9 Å². The fraction of sp³-hybridized carbons (Fsp3) is 0.364. The van der Waals surface area contributed by atoms with Gasteiger partial charge in [0.05, 0.1) is 16.1 Å². The average molecular weight is 292 g/mol. The van der Waals surface area contributed by atoms with Crippen molar-refractivity contribution in [1.82, 2.24) is 4.98 Å². The van der Waals surface area contributed by atoms with Crippen molar-refractivity contribution in [3.8, 4) is 0 Å². The van der Waals surface area contributed by atoms with E-state index in [1.807, 2.05) is 24.3 Å². The van der Waals surface area contributed by atoms with E-state index in [4.69, 9.17) is 5.73 Å². The molecule has 7 heteroatoms. The number of alkyl halides is 3. The van der Waals surface area contributed by atoms with Crippen molar-refractivity contribution in [2.45, 2.75) is 10.5 Å². The maximum absolute atomic E-state index is 12.5. The summed E-state index contributed by atoms with van der Waals surface area (Å²) in [6.07, 6.45) is -4.24. The summed E-state index contributed by atoms with van der Waals surface area (Å²) < 4.78 is 39.2. The normalized spacial score (nSPS) is 14.0. The molecule has 0 spiro atoms. The first-order valence-corrected chi connectivity index (χ1v) is 7.06. The van der Waals surface area contributed by atoms with Crippen LogP contribution in [-0.4, -0.2) is 23.5 Å². The summed E-state index contributed by atoms with van der Waals surface area (Å²) in [5.41, 5.74) is 5.97. The van der Waals surface area contributed by atoms with E-state index in [0.717, 1.165) is 22.0 Å². The molecule has 18 heavy (non-hydrogen) atoms. The van der Waals surface area contributed by atoms with Crippen molar-refractivity contribution in [3.05, 3.63) is 24.3 Å². The van der Waals surface area contributed by atoms with Crippen LogP contribution in [0.4, 0.5) is 13.2 Å². The third-order valence-electron chi connectivity index (χ3n) is 2.43. The molecule has 2 rings (SSSR count). The standard InChI is InChI=1S/C11H11F3N2S2/c12-11(13,14)7(5-15)6-17-10-16-8-3-1-2-4-9(8)18-10/h1-4,7H,5-6,15H2. The zero-order chi connectivity index (χ0) is 13.2. The number of rotatable bonds is 4. The maximum atomic E-state index is 12.5. The summed E-state index contributed by atoms with van der Waals surface area (Å²) in [5, 5.41) is 0. The average Bonchev–Trinajstić information content (AvgIpc) is 2.70. The molecule has 2 nitrogen and oxygen atoms in total. The van der Waals surface area contributed by atoms with Crippen LogP contribution in [-0.2, 0) is 0 Å². The van der Waals surface area contributed by atoms with E-state index in [-0.39, 0.29) is 12.3 Å². The highest BCUT2D eigenvalue weighted by Gasteiger charge is 2.38. The van der Waals surface area contributed by atoms with Crippen molar-refractivity contribution in [3.63, 3.8) is 0 Å². The van der Waals surface area contributed by atoms with Crippen LogP contribution < -0.4 is 5.73 Å². The summed E-state index contributed by atoms with van der Waals surface area (Å²) >= 11 is 2.52. The van der Waals surface area contributed by atoms with Gasteiger partial charge in [-0.15, -0.1) is 11.3 Å². The van der Waals surface area contributed by atoms with Crippen LogP contribution in [0.1, 0.15) is 0 Å². The molecule has 1 unspecified atom stereocenters. The molecule has 0 bridgehead atoms. The first kappa shape index (κ1) is 13.6. The molecule has 0 amide bonds. The Kier molecular flexibility index (Phi) is 4.14. The van der Waals surface area contributed by atoms with E-state index in [2.05, 4.69) is 4.98 Å². The number of benzene rings is 1. The molecule has 0 aliphatic heterocycles. The Morgan fingerprint density at radius 3 is 2.67 bits per heavy atom. The molecular weight excluding hydrogens is 281 g/mol. The van der Waals surface area contributed by atoms with Crippen LogP contribution in [0.25, 0.3) is 10.2 Å². The first-order valence-electron chi connectivity index (χ1n) is 5.26. The highest BCUT2D eigenvalue weighted by molar-refractivity contribution is 8.01. The van der Waals surface area contributed by atoms with Crippen LogP contribution in [0.3, 0.4) is 0 Å². The fourth-order valence-electron chi connectivity index (χ4n) is 1.38. The van der Waals surface area contributed by atoms with Crippen LogP contribution in [0, 0.1) is 5.92 Å². The molecule has 2 aromatic rings. The van der Waals surface area contributed by atoms with Gasteiger partial charge in [-0.3, -0.25) is 0 Å². The van der Waals surface area contributed by atoms with E-state index in [1.54, 1.807) is 0 Å². The zero-order valence-electron chi connectivity index (χ0n) is 9.28. The number of thioether (sulfide) groups is 1. The van der Waals surface area contributed by atoms with Crippen molar-refractivity contribution in [2.75, 3.05) is 12.3 Å². The fourth-order valence-corrected chi connectivity index (χ4v) is 3.62. The number of thiazole rings is 1. The Bertz CT molecular complexity index is 491. The lowest BCUT2D eigenvalue weighted by molar-refractivity contribution is -0.165. The molecule has 1 atom stereocenters. The van der Waals surface area contributed by atoms with Gasteiger partial charge in [0.2, 0.25) is 0 Å². The highest BCUT2D eigenvalue weighted by Crippen LogP contribution is 2.34.